The number of halogens is 2. The molecule has 2 nitrogen and oxygen atoms in total. The van der Waals surface area contributed by atoms with E-state index < -0.39 is 12.5 Å². The van der Waals surface area contributed by atoms with E-state index in [1.54, 1.807) is 0 Å². The Labute approximate surface area is 85.0 Å². The van der Waals surface area contributed by atoms with Gasteiger partial charge in [-0.25, -0.2) is 8.78 Å². The standard InChI is InChI=1S/C10H21F2NO/c1-9(2,3)5-6-14-8-10(11,12)7-13-4/h13H,5-8H2,1-4H3. The SMILES string of the molecule is CNCC(F)(F)COCCC(C)(C)C. The smallest absolute Gasteiger partial charge is 0.283 e. The molecule has 0 aromatic carbocycles. The van der Waals surface area contributed by atoms with E-state index in [2.05, 4.69) is 26.1 Å². The lowest BCUT2D eigenvalue weighted by Gasteiger charge is -2.20. The van der Waals surface area contributed by atoms with E-state index in [1.165, 1.54) is 7.05 Å². The van der Waals surface area contributed by atoms with Gasteiger partial charge in [0, 0.05) is 6.61 Å². The van der Waals surface area contributed by atoms with E-state index in [1.807, 2.05) is 0 Å². The Hall–Kier alpha value is -0.220. The molecule has 0 bridgehead atoms. The van der Waals surface area contributed by atoms with Gasteiger partial charge in [-0.3, -0.25) is 0 Å². The Morgan fingerprint density at radius 1 is 1.21 bits per heavy atom. The van der Waals surface area contributed by atoms with Gasteiger partial charge in [-0.2, -0.15) is 0 Å². The second-order valence-electron chi connectivity index (χ2n) is 4.75. The highest BCUT2D eigenvalue weighted by Gasteiger charge is 2.28. The molecule has 0 aromatic heterocycles. The van der Waals surface area contributed by atoms with Crippen molar-refractivity contribution in [1.29, 1.82) is 0 Å². The number of ether oxygens (including phenoxy) is 1. The largest absolute Gasteiger partial charge is 0.375 e. The topological polar surface area (TPSA) is 21.3 Å². The molecule has 0 aliphatic rings. The molecule has 0 heterocycles. The summed E-state index contributed by atoms with van der Waals surface area (Å²) in [5.41, 5.74) is 0.137. The van der Waals surface area contributed by atoms with Crippen molar-refractivity contribution in [3.8, 4) is 0 Å². The normalized spacial score (nSPS) is 13.3. The molecule has 0 aliphatic heterocycles. The van der Waals surface area contributed by atoms with Gasteiger partial charge in [0.05, 0.1) is 6.54 Å². The van der Waals surface area contributed by atoms with Crippen molar-refractivity contribution in [2.75, 3.05) is 26.8 Å². The van der Waals surface area contributed by atoms with Gasteiger partial charge in [0.1, 0.15) is 6.61 Å². The Balaban J connectivity index is 3.54. The van der Waals surface area contributed by atoms with Crippen molar-refractivity contribution in [2.24, 2.45) is 5.41 Å². The van der Waals surface area contributed by atoms with E-state index in [4.69, 9.17) is 4.74 Å². The maximum absolute atomic E-state index is 12.9. The van der Waals surface area contributed by atoms with Gasteiger partial charge < -0.3 is 10.1 Å². The molecule has 4 heteroatoms. The molecule has 0 spiro atoms. The summed E-state index contributed by atoms with van der Waals surface area (Å²) < 4.78 is 30.7. The van der Waals surface area contributed by atoms with Crippen molar-refractivity contribution in [3.05, 3.63) is 0 Å². The van der Waals surface area contributed by atoms with E-state index in [-0.39, 0.29) is 12.0 Å². The van der Waals surface area contributed by atoms with Crippen molar-refractivity contribution in [1.82, 2.24) is 5.32 Å². The van der Waals surface area contributed by atoms with Gasteiger partial charge in [0.2, 0.25) is 0 Å². The molecule has 14 heavy (non-hydrogen) atoms. The third-order valence-corrected chi connectivity index (χ3v) is 1.75. The summed E-state index contributed by atoms with van der Waals surface area (Å²) in [6.07, 6.45) is 0.794. The average molecular weight is 209 g/mol. The van der Waals surface area contributed by atoms with Gasteiger partial charge in [-0.1, -0.05) is 20.8 Å². The molecular formula is C10H21F2NO. The predicted molar refractivity (Wildman–Crippen MR) is 53.8 cm³/mol. The van der Waals surface area contributed by atoms with Gasteiger partial charge in [-0.15, -0.1) is 0 Å². The minimum absolute atomic E-state index is 0.137. The summed E-state index contributed by atoms with van der Waals surface area (Å²) >= 11 is 0. The minimum Gasteiger partial charge on any atom is -0.375 e. The molecule has 0 aromatic rings. The minimum atomic E-state index is -2.76. The van der Waals surface area contributed by atoms with Crippen LogP contribution in [-0.2, 0) is 4.74 Å². The fourth-order valence-electron chi connectivity index (χ4n) is 0.910. The lowest BCUT2D eigenvalue weighted by molar-refractivity contribution is -0.0768. The van der Waals surface area contributed by atoms with Crippen LogP contribution in [0.25, 0.3) is 0 Å². The zero-order valence-corrected chi connectivity index (χ0v) is 9.49. The van der Waals surface area contributed by atoms with Gasteiger partial charge in [-0.05, 0) is 18.9 Å². The fourth-order valence-corrected chi connectivity index (χ4v) is 0.910. The van der Waals surface area contributed by atoms with Crippen LogP contribution in [-0.4, -0.2) is 32.7 Å². The van der Waals surface area contributed by atoms with Crippen LogP contribution in [0.2, 0.25) is 0 Å². The summed E-state index contributed by atoms with van der Waals surface area (Å²) in [7, 11) is 1.50. The molecule has 0 aliphatic carbocycles. The van der Waals surface area contributed by atoms with Crippen molar-refractivity contribution < 1.29 is 13.5 Å². The van der Waals surface area contributed by atoms with Crippen LogP contribution in [0.5, 0.6) is 0 Å². The monoisotopic (exact) mass is 209 g/mol. The second kappa shape index (κ2) is 5.61. The quantitative estimate of drug-likeness (QED) is 0.678. The van der Waals surface area contributed by atoms with Gasteiger partial charge in [0.25, 0.3) is 5.92 Å². The molecule has 0 saturated carbocycles. The van der Waals surface area contributed by atoms with Gasteiger partial charge >= 0.3 is 0 Å². The van der Waals surface area contributed by atoms with Crippen LogP contribution in [0.3, 0.4) is 0 Å². The van der Waals surface area contributed by atoms with E-state index in [9.17, 15) is 8.78 Å². The first-order valence-electron chi connectivity index (χ1n) is 4.87. The van der Waals surface area contributed by atoms with E-state index in [0.29, 0.717) is 6.61 Å². The van der Waals surface area contributed by atoms with Crippen LogP contribution in [0.1, 0.15) is 27.2 Å². The highest BCUT2D eigenvalue weighted by atomic mass is 19.3. The summed E-state index contributed by atoms with van der Waals surface area (Å²) in [5.74, 6) is -2.76. The van der Waals surface area contributed by atoms with Crippen LogP contribution < -0.4 is 5.32 Å². The third kappa shape index (κ3) is 8.38. The molecule has 0 radical (unpaired) electrons. The highest BCUT2D eigenvalue weighted by Crippen LogP contribution is 2.19. The lowest BCUT2D eigenvalue weighted by atomic mass is 9.93. The molecule has 0 unspecified atom stereocenters. The molecule has 0 atom stereocenters. The van der Waals surface area contributed by atoms with Crippen molar-refractivity contribution >= 4 is 0 Å². The van der Waals surface area contributed by atoms with Crippen LogP contribution in [0.15, 0.2) is 0 Å². The van der Waals surface area contributed by atoms with Crippen LogP contribution >= 0.6 is 0 Å². The van der Waals surface area contributed by atoms with Gasteiger partial charge in [0.15, 0.2) is 0 Å². The first-order valence-corrected chi connectivity index (χ1v) is 4.87. The Kier molecular flexibility index (Phi) is 5.52. The molecule has 1 N–H and O–H groups in total. The summed E-state index contributed by atoms with van der Waals surface area (Å²) in [5, 5.41) is 2.44. The van der Waals surface area contributed by atoms with Crippen LogP contribution in [0, 0.1) is 5.41 Å². The molecule has 0 fully saturated rings. The van der Waals surface area contributed by atoms with Crippen molar-refractivity contribution in [3.63, 3.8) is 0 Å². The third-order valence-electron chi connectivity index (χ3n) is 1.75. The second-order valence-corrected chi connectivity index (χ2v) is 4.75. The molecule has 0 rings (SSSR count). The van der Waals surface area contributed by atoms with E-state index in [0.717, 1.165) is 6.42 Å². The first kappa shape index (κ1) is 13.8. The Morgan fingerprint density at radius 3 is 2.21 bits per heavy atom. The molecular weight excluding hydrogens is 188 g/mol. The number of hydrogen-bond acceptors (Lipinski definition) is 2. The predicted octanol–water partition coefficient (Wildman–Crippen LogP) is 2.29. The number of nitrogens with one attached hydrogen (secondary N) is 1. The zero-order chi connectivity index (χ0) is 11.2. The fraction of sp³-hybridized carbons (Fsp3) is 1.00. The first-order chi connectivity index (χ1) is 6.27. The summed E-state index contributed by atoms with van der Waals surface area (Å²) in [4.78, 5) is 0. The maximum atomic E-state index is 12.9. The Bertz CT molecular complexity index is 155. The van der Waals surface area contributed by atoms with Crippen LogP contribution in [0.4, 0.5) is 8.78 Å². The van der Waals surface area contributed by atoms with E-state index >= 15 is 0 Å². The Morgan fingerprint density at radius 2 is 1.79 bits per heavy atom. The molecule has 0 amide bonds. The zero-order valence-electron chi connectivity index (χ0n) is 9.49. The summed E-state index contributed by atoms with van der Waals surface area (Å²) in [6, 6.07) is 0. The summed E-state index contributed by atoms with van der Waals surface area (Å²) in [6.45, 7) is 5.74. The van der Waals surface area contributed by atoms with Crippen molar-refractivity contribution in [2.45, 2.75) is 33.1 Å². The lowest BCUT2D eigenvalue weighted by Crippen LogP contribution is -2.35. The number of rotatable bonds is 6. The number of alkyl halides is 2. The average Bonchev–Trinajstić information content (AvgIpc) is 1.96. The highest BCUT2D eigenvalue weighted by molar-refractivity contribution is 4.67. The molecule has 86 valence electrons. The number of hydrogen-bond donors (Lipinski definition) is 1. The maximum Gasteiger partial charge on any atom is 0.283 e. The molecule has 0 saturated heterocycles.